The monoisotopic (exact) mass is 213 g/mol. The summed E-state index contributed by atoms with van der Waals surface area (Å²) in [7, 11) is 1.92. The first-order valence-corrected chi connectivity index (χ1v) is 4.91. The van der Waals surface area contributed by atoms with E-state index in [0.717, 1.165) is 20.0 Å². The van der Waals surface area contributed by atoms with Crippen molar-refractivity contribution in [3.8, 4) is 0 Å². The Bertz CT molecular complexity index is 512. The molecule has 0 bridgehead atoms. The molecule has 0 radical (unpaired) electrons. The number of aromatic nitrogens is 1. The fourth-order valence-corrected chi connectivity index (χ4v) is 2.47. The molecule has 0 aliphatic heterocycles. The lowest BCUT2D eigenvalue weighted by Gasteiger charge is -1.94. The van der Waals surface area contributed by atoms with Crippen molar-refractivity contribution in [2.45, 2.75) is 0 Å². The van der Waals surface area contributed by atoms with E-state index in [9.17, 15) is 0 Å². The van der Waals surface area contributed by atoms with E-state index in [0.29, 0.717) is 0 Å². The van der Waals surface area contributed by atoms with Crippen LogP contribution in [0.1, 0.15) is 0 Å². The maximum atomic E-state index is 6.01. The lowest BCUT2D eigenvalue weighted by molar-refractivity contribution is 0.888. The molecule has 1 heterocycles. The molecule has 68 valence electrons. The van der Waals surface area contributed by atoms with E-state index in [-0.39, 0.29) is 0 Å². The minimum atomic E-state index is 0.744. The van der Waals surface area contributed by atoms with Gasteiger partial charge < -0.3 is 10.4 Å². The Morgan fingerprint density at radius 3 is 2.92 bits per heavy atom. The van der Waals surface area contributed by atoms with Crippen molar-refractivity contribution >= 4 is 33.2 Å². The van der Waals surface area contributed by atoms with Gasteiger partial charge in [0.05, 0.1) is 15.2 Å². The summed E-state index contributed by atoms with van der Waals surface area (Å²) in [5.74, 6) is 5.24. The number of rotatable bonds is 0. The molecule has 0 saturated carbocycles. The number of thiazole rings is 1. The Kier molecular flexibility index (Phi) is 2.01. The van der Waals surface area contributed by atoms with Crippen molar-refractivity contribution in [2.24, 2.45) is 18.0 Å². The molecule has 1 aromatic carbocycles. The fourth-order valence-electron chi connectivity index (χ4n) is 1.24. The van der Waals surface area contributed by atoms with Gasteiger partial charge >= 0.3 is 0 Å². The largest absolute Gasteiger partial charge is 0.320 e. The molecule has 2 rings (SSSR count). The van der Waals surface area contributed by atoms with Gasteiger partial charge in [-0.3, -0.25) is 0 Å². The molecule has 5 heteroatoms. The Labute approximate surface area is 84.1 Å². The van der Waals surface area contributed by atoms with Gasteiger partial charge in [0, 0.05) is 7.05 Å². The number of aryl methyl sites for hydroxylation is 1. The molecule has 0 fully saturated rings. The van der Waals surface area contributed by atoms with Crippen LogP contribution in [0.3, 0.4) is 0 Å². The first kappa shape index (κ1) is 8.59. The van der Waals surface area contributed by atoms with Crippen LogP contribution in [-0.4, -0.2) is 4.57 Å². The highest BCUT2D eigenvalue weighted by molar-refractivity contribution is 7.17. The van der Waals surface area contributed by atoms with Gasteiger partial charge in [-0.1, -0.05) is 29.0 Å². The molecule has 0 atom stereocenters. The van der Waals surface area contributed by atoms with Crippen LogP contribution in [0.25, 0.3) is 10.2 Å². The first-order valence-electron chi connectivity index (χ1n) is 3.72. The molecule has 1 aromatic heterocycles. The average molecular weight is 214 g/mol. The van der Waals surface area contributed by atoms with Gasteiger partial charge in [0.1, 0.15) is 0 Å². The zero-order chi connectivity index (χ0) is 9.42. The summed E-state index contributed by atoms with van der Waals surface area (Å²) in [6.07, 6.45) is 0. The van der Waals surface area contributed by atoms with Crippen LogP contribution in [0.2, 0.25) is 5.02 Å². The normalized spacial score (nSPS) is 12.6. The highest BCUT2D eigenvalue weighted by Gasteiger charge is 2.04. The zero-order valence-electron chi connectivity index (χ0n) is 6.99. The summed E-state index contributed by atoms with van der Waals surface area (Å²) in [5.41, 5.74) is 1.06. The van der Waals surface area contributed by atoms with Crippen LogP contribution in [0.15, 0.2) is 23.3 Å². The predicted octanol–water partition coefficient (Wildman–Crippen LogP) is 1.67. The van der Waals surface area contributed by atoms with Crippen molar-refractivity contribution in [1.29, 1.82) is 0 Å². The summed E-state index contributed by atoms with van der Waals surface area (Å²) in [5, 5.41) is 4.41. The number of hydrogen-bond acceptors (Lipinski definition) is 3. The lowest BCUT2D eigenvalue weighted by Crippen LogP contribution is -2.11. The van der Waals surface area contributed by atoms with Crippen LogP contribution >= 0.6 is 22.9 Å². The lowest BCUT2D eigenvalue weighted by atomic mass is 10.3. The standard InChI is InChI=1S/C8H8ClN3S/c1-12-6-4-2-3-5(9)7(6)13-8(12)11-10/h2-4H,10H2,1H3/b11-8-. The fraction of sp³-hybridized carbons (Fsp3) is 0.125. The van der Waals surface area contributed by atoms with Crippen LogP contribution in [0.4, 0.5) is 0 Å². The molecule has 0 aliphatic carbocycles. The van der Waals surface area contributed by atoms with Gasteiger partial charge in [0.2, 0.25) is 4.80 Å². The van der Waals surface area contributed by atoms with Crippen LogP contribution < -0.4 is 10.6 Å². The SMILES string of the molecule is Cn1/c(=N/N)sc2c(Cl)cccc21. The summed E-state index contributed by atoms with van der Waals surface area (Å²) < 4.78 is 2.95. The summed E-state index contributed by atoms with van der Waals surface area (Å²) in [6, 6.07) is 5.77. The maximum Gasteiger partial charge on any atom is 0.208 e. The summed E-state index contributed by atoms with van der Waals surface area (Å²) in [6.45, 7) is 0. The van der Waals surface area contributed by atoms with Gasteiger partial charge in [0.25, 0.3) is 0 Å². The minimum Gasteiger partial charge on any atom is -0.320 e. The summed E-state index contributed by atoms with van der Waals surface area (Å²) in [4.78, 5) is 0.767. The van der Waals surface area contributed by atoms with Crippen LogP contribution in [0.5, 0.6) is 0 Å². The Morgan fingerprint density at radius 1 is 1.54 bits per heavy atom. The second kappa shape index (κ2) is 3.05. The minimum absolute atomic E-state index is 0.744. The second-order valence-corrected chi connectivity index (χ2v) is 4.05. The Hall–Kier alpha value is -1.00. The number of fused-ring (bicyclic) bond motifs is 1. The smallest absolute Gasteiger partial charge is 0.208 e. The van der Waals surface area contributed by atoms with Crippen LogP contribution in [-0.2, 0) is 7.05 Å². The van der Waals surface area contributed by atoms with Gasteiger partial charge in [0.15, 0.2) is 0 Å². The van der Waals surface area contributed by atoms with Crippen molar-refractivity contribution in [3.05, 3.63) is 28.0 Å². The highest BCUT2D eigenvalue weighted by atomic mass is 35.5. The molecule has 0 saturated heterocycles. The second-order valence-electron chi connectivity index (χ2n) is 2.66. The van der Waals surface area contributed by atoms with Crippen LogP contribution in [0, 0.1) is 0 Å². The van der Waals surface area contributed by atoms with Crippen molar-refractivity contribution in [3.63, 3.8) is 0 Å². The van der Waals surface area contributed by atoms with Crippen molar-refractivity contribution < 1.29 is 0 Å². The van der Waals surface area contributed by atoms with Gasteiger partial charge in [-0.05, 0) is 12.1 Å². The van der Waals surface area contributed by atoms with Crippen molar-refractivity contribution in [2.75, 3.05) is 0 Å². The Balaban J connectivity index is 3.00. The van der Waals surface area contributed by atoms with E-state index in [1.807, 2.05) is 29.8 Å². The molecule has 3 nitrogen and oxygen atoms in total. The van der Waals surface area contributed by atoms with E-state index in [1.165, 1.54) is 11.3 Å². The maximum absolute atomic E-state index is 6.01. The zero-order valence-corrected chi connectivity index (χ0v) is 8.56. The van der Waals surface area contributed by atoms with E-state index in [1.54, 1.807) is 0 Å². The third-order valence-corrected chi connectivity index (χ3v) is 3.52. The molecule has 0 amide bonds. The number of nitrogens with two attached hydrogens (primary N) is 1. The molecule has 0 aliphatic rings. The van der Waals surface area contributed by atoms with E-state index < -0.39 is 0 Å². The molecular formula is C8H8ClN3S. The molecule has 0 spiro atoms. The molecule has 2 aromatic rings. The molecule has 13 heavy (non-hydrogen) atoms. The number of halogens is 1. The Morgan fingerprint density at radius 2 is 2.31 bits per heavy atom. The number of nitrogens with zero attached hydrogens (tertiary/aromatic N) is 2. The highest BCUT2D eigenvalue weighted by Crippen LogP contribution is 2.24. The van der Waals surface area contributed by atoms with E-state index in [4.69, 9.17) is 17.4 Å². The molecule has 0 unspecified atom stereocenters. The van der Waals surface area contributed by atoms with Gasteiger partial charge in [-0.25, -0.2) is 0 Å². The molecule has 2 N–H and O–H groups in total. The van der Waals surface area contributed by atoms with E-state index in [2.05, 4.69) is 5.10 Å². The van der Waals surface area contributed by atoms with Gasteiger partial charge in [-0.15, -0.1) is 0 Å². The quantitative estimate of drug-likeness (QED) is 0.525. The van der Waals surface area contributed by atoms with Crippen molar-refractivity contribution in [1.82, 2.24) is 4.57 Å². The number of hydrogen-bond donors (Lipinski definition) is 1. The third kappa shape index (κ3) is 1.22. The van der Waals surface area contributed by atoms with E-state index >= 15 is 0 Å². The third-order valence-electron chi connectivity index (χ3n) is 1.90. The summed E-state index contributed by atoms with van der Waals surface area (Å²) >= 11 is 7.50. The first-order chi connectivity index (χ1) is 6.24. The topological polar surface area (TPSA) is 43.3 Å². The predicted molar refractivity (Wildman–Crippen MR) is 55.6 cm³/mol. The average Bonchev–Trinajstić information content (AvgIpc) is 2.45. The van der Waals surface area contributed by atoms with Gasteiger partial charge in [-0.2, -0.15) is 5.10 Å². The number of benzene rings is 1. The molecular weight excluding hydrogens is 206 g/mol.